The van der Waals surface area contributed by atoms with E-state index in [9.17, 15) is 9.59 Å². The van der Waals surface area contributed by atoms with Crippen molar-refractivity contribution in [1.29, 1.82) is 0 Å². The number of rotatable bonds is 5. The second-order valence-corrected chi connectivity index (χ2v) is 6.26. The molecule has 2 aliphatic rings. The number of aliphatic hydroxyl groups is 1. The fraction of sp³-hybridized carbons (Fsp3) is 0.867. The molecule has 1 unspecified atom stereocenters. The molecular weight excluding hydrogens is 270 g/mol. The summed E-state index contributed by atoms with van der Waals surface area (Å²) in [4.78, 5) is 25.7. The van der Waals surface area contributed by atoms with Crippen molar-refractivity contribution in [3.8, 4) is 0 Å². The lowest BCUT2D eigenvalue weighted by atomic mass is 9.95. The van der Waals surface area contributed by atoms with E-state index < -0.39 is 0 Å². The van der Waals surface area contributed by atoms with Crippen LogP contribution in [-0.4, -0.2) is 54.2 Å². The summed E-state index contributed by atoms with van der Waals surface area (Å²) in [6, 6.07) is -0.141. The van der Waals surface area contributed by atoms with E-state index in [0.717, 1.165) is 58.0 Å². The molecule has 1 aliphatic heterocycles. The number of hydrogen-bond acceptors (Lipinski definition) is 4. The largest absolute Gasteiger partial charge is 0.396 e. The van der Waals surface area contributed by atoms with E-state index in [2.05, 4.69) is 15.5 Å². The van der Waals surface area contributed by atoms with Crippen LogP contribution in [0.3, 0.4) is 0 Å². The number of piperidine rings is 1. The van der Waals surface area contributed by atoms with Crippen LogP contribution in [0.2, 0.25) is 0 Å². The molecule has 0 bridgehead atoms. The number of aliphatic hydroxyl groups excluding tert-OH is 1. The zero-order chi connectivity index (χ0) is 15.1. The van der Waals surface area contributed by atoms with E-state index in [0.29, 0.717) is 5.92 Å². The van der Waals surface area contributed by atoms with E-state index in [4.69, 9.17) is 5.11 Å². The number of imide groups is 1. The first-order valence-electron chi connectivity index (χ1n) is 8.11. The Hall–Kier alpha value is -1.14. The Morgan fingerprint density at radius 1 is 1.14 bits per heavy atom. The van der Waals surface area contributed by atoms with Gasteiger partial charge in [-0.3, -0.25) is 15.0 Å². The van der Waals surface area contributed by atoms with Crippen molar-refractivity contribution in [1.82, 2.24) is 15.5 Å². The van der Waals surface area contributed by atoms with E-state index in [1.807, 2.05) is 0 Å². The number of urea groups is 1. The summed E-state index contributed by atoms with van der Waals surface area (Å²) in [6.07, 6.45) is 7.28. The lowest BCUT2D eigenvalue weighted by Crippen LogP contribution is -2.48. The van der Waals surface area contributed by atoms with Gasteiger partial charge < -0.3 is 10.4 Å². The highest BCUT2D eigenvalue weighted by molar-refractivity contribution is 5.95. The van der Waals surface area contributed by atoms with Gasteiger partial charge in [0.05, 0.1) is 6.54 Å². The topological polar surface area (TPSA) is 81.7 Å². The van der Waals surface area contributed by atoms with Crippen molar-refractivity contribution in [3.63, 3.8) is 0 Å². The van der Waals surface area contributed by atoms with Crippen molar-refractivity contribution >= 4 is 11.9 Å². The summed E-state index contributed by atoms with van der Waals surface area (Å²) in [5.74, 6) is 0.221. The highest BCUT2D eigenvalue weighted by atomic mass is 16.3. The van der Waals surface area contributed by atoms with Crippen molar-refractivity contribution < 1.29 is 14.7 Å². The second-order valence-electron chi connectivity index (χ2n) is 6.26. The maximum atomic E-state index is 11.9. The number of nitrogens with one attached hydrogen (secondary N) is 2. The van der Waals surface area contributed by atoms with Crippen molar-refractivity contribution in [2.24, 2.45) is 5.92 Å². The second kappa shape index (κ2) is 8.34. The van der Waals surface area contributed by atoms with Gasteiger partial charge in [-0.25, -0.2) is 4.79 Å². The van der Waals surface area contributed by atoms with E-state index in [1.165, 1.54) is 0 Å². The molecule has 0 aromatic carbocycles. The minimum Gasteiger partial charge on any atom is -0.396 e. The van der Waals surface area contributed by atoms with Gasteiger partial charge in [-0.15, -0.1) is 0 Å². The van der Waals surface area contributed by atoms with Crippen LogP contribution in [0.5, 0.6) is 0 Å². The zero-order valence-electron chi connectivity index (χ0n) is 12.6. The van der Waals surface area contributed by atoms with Crippen molar-refractivity contribution in [2.75, 3.05) is 26.2 Å². The van der Waals surface area contributed by atoms with E-state index >= 15 is 0 Å². The van der Waals surface area contributed by atoms with Gasteiger partial charge in [0.2, 0.25) is 5.91 Å². The lowest BCUT2D eigenvalue weighted by Gasteiger charge is -2.31. The molecule has 2 fully saturated rings. The van der Waals surface area contributed by atoms with Gasteiger partial charge >= 0.3 is 6.03 Å². The summed E-state index contributed by atoms with van der Waals surface area (Å²) < 4.78 is 0. The van der Waals surface area contributed by atoms with Crippen molar-refractivity contribution in [3.05, 3.63) is 0 Å². The van der Waals surface area contributed by atoms with E-state index in [1.54, 1.807) is 0 Å². The van der Waals surface area contributed by atoms with Crippen LogP contribution in [-0.2, 0) is 4.79 Å². The Morgan fingerprint density at radius 2 is 1.90 bits per heavy atom. The highest BCUT2D eigenvalue weighted by Crippen LogP contribution is 2.19. The van der Waals surface area contributed by atoms with Gasteiger partial charge in [0, 0.05) is 19.2 Å². The molecule has 3 N–H and O–H groups in total. The Morgan fingerprint density at radius 3 is 2.62 bits per heavy atom. The number of carbonyl (C=O) groups excluding carboxylic acids is 2. The van der Waals surface area contributed by atoms with Crippen LogP contribution in [0, 0.1) is 5.92 Å². The molecule has 6 heteroatoms. The molecule has 0 aromatic rings. The minimum absolute atomic E-state index is 0.203. The molecule has 1 saturated carbocycles. The first kappa shape index (κ1) is 16.2. The molecule has 120 valence electrons. The van der Waals surface area contributed by atoms with Crippen LogP contribution in [0.25, 0.3) is 0 Å². The third kappa shape index (κ3) is 5.63. The van der Waals surface area contributed by atoms with Gasteiger partial charge in [-0.05, 0) is 44.6 Å². The molecule has 0 aromatic heterocycles. The Balaban J connectivity index is 1.67. The minimum atomic E-state index is -0.365. The van der Waals surface area contributed by atoms with Gasteiger partial charge in [-0.2, -0.15) is 0 Å². The van der Waals surface area contributed by atoms with Gasteiger partial charge in [0.1, 0.15) is 0 Å². The van der Waals surface area contributed by atoms with Gasteiger partial charge in [0.25, 0.3) is 0 Å². The smallest absolute Gasteiger partial charge is 0.321 e. The summed E-state index contributed by atoms with van der Waals surface area (Å²) in [5, 5.41) is 14.3. The summed E-state index contributed by atoms with van der Waals surface area (Å²) in [5.41, 5.74) is 0. The van der Waals surface area contributed by atoms with Crippen LogP contribution in [0.1, 0.15) is 44.9 Å². The third-order valence-electron chi connectivity index (χ3n) is 4.45. The quantitative estimate of drug-likeness (QED) is 0.702. The molecule has 1 aliphatic carbocycles. The SMILES string of the molecule is O=C(CN1CCCC(CCO)C1)NC(=O)NC1CCCC1. The normalized spacial score (nSPS) is 24.0. The average Bonchev–Trinajstić information content (AvgIpc) is 2.91. The van der Waals surface area contributed by atoms with Gasteiger partial charge in [0.15, 0.2) is 0 Å². The molecule has 6 nitrogen and oxygen atoms in total. The molecule has 0 spiro atoms. The average molecular weight is 297 g/mol. The summed E-state index contributed by atoms with van der Waals surface area (Å²) in [6.45, 7) is 2.19. The third-order valence-corrected chi connectivity index (χ3v) is 4.45. The monoisotopic (exact) mass is 297 g/mol. The Kier molecular flexibility index (Phi) is 6.45. The molecule has 1 atom stereocenters. The molecular formula is C15H27N3O3. The Labute approximate surface area is 126 Å². The summed E-state index contributed by atoms with van der Waals surface area (Å²) >= 11 is 0. The predicted octanol–water partition coefficient (Wildman–Crippen LogP) is 0.849. The maximum absolute atomic E-state index is 11.9. The number of carbonyl (C=O) groups is 2. The predicted molar refractivity (Wildman–Crippen MR) is 79.8 cm³/mol. The summed E-state index contributed by atoms with van der Waals surface area (Å²) in [7, 11) is 0. The highest BCUT2D eigenvalue weighted by Gasteiger charge is 2.22. The molecule has 0 radical (unpaired) electrons. The number of hydrogen-bond donors (Lipinski definition) is 3. The molecule has 1 heterocycles. The Bertz CT molecular complexity index is 354. The van der Waals surface area contributed by atoms with Crippen LogP contribution < -0.4 is 10.6 Å². The number of nitrogens with zero attached hydrogens (tertiary/aromatic N) is 1. The maximum Gasteiger partial charge on any atom is 0.321 e. The molecule has 21 heavy (non-hydrogen) atoms. The molecule has 2 rings (SSSR count). The standard InChI is InChI=1S/C15H27N3O3/c19-9-7-12-4-3-8-18(10-12)11-14(20)17-15(21)16-13-5-1-2-6-13/h12-13,19H,1-11H2,(H2,16,17,20,21). The number of amides is 3. The zero-order valence-corrected chi connectivity index (χ0v) is 12.6. The fourth-order valence-corrected chi connectivity index (χ4v) is 3.37. The lowest BCUT2D eigenvalue weighted by molar-refractivity contribution is -0.121. The van der Waals surface area contributed by atoms with Gasteiger partial charge in [-0.1, -0.05) is 12.8 Å². The van der Waals surface area contributed by atoms with Crippen LogP contribution in [0.4, 0.5) is 4.79 Å². The first-order valence-corrected chi connectivity index (χ1v) is 8.11. The van der Waals surface area contributed by atoms with E-state index in [-0.39, 0.29) is 31.1 Å². The molecule has 3 amide bonds. The molecule has 1 saturated heterocycles. The fourth-order valence-electron chi connectivity index (χ4n) is 3.37. The van der Waals surface area contributed by atoms with Crippen LogP contribution >= 0.6 is 0 Å². The first-order chi connectivity index (χ1) is 10.2. The van der Waals surface area contributed by atoms with Crippen molar-refractivity contribution in [2.45, 2.75) is 51.0 Å². The van der Waals surface area contributed by atoms with Crippen LogP contribution in [0.15, 0.2) is 0 Å². The number of likely N-dealkylation sites (tertiary alicyclic amines) is 1.